The number of methoxy groups -OCH3 is 2. The van der Waals surface area contributed by atoms with Crippen molar-refractivity contribution in [3.63, 3.8) is 0 Å². The Kier molecular flexibility index (Phi) is 4.22. The molecule has 0 aliphatic rings. The van der Waals surface area contributed by atoms with Crippen LogP contribution in [0, 0.1) is 6.92 Å². The van der Waals surface area contributed by atoms with Gasteiger partial charge in [0.15, 0.2) is 0 Å². The SMILES string of the molecule is COc1cccc(OC)c1CC(=S)c1ccc(C)o1. The first-order valence-electron chi connectivity index (χ1n) is 5.95. The summed E-state index contributed by atoms with van der Waals surface area (Å²) in [6.07, 6.45) is 0.551. The summed E-state index contributed by atoms with van der Waals surface area (Å²) >= 11 is 5.43. The summed E-state index contributed by atoms with van der Waals surface area (Å²) in [4.78, 5) is 0.732. The maximum atomic E-state index is 5.54. The van der Waals surface area contributed by atoms with Gasteiger partial charge in [-0.3, -0.25) is 0 Å². The molecule has 3 nitrogen and oxygen atoms in total. The molecule has 0 aliphatic heterocycles. The van der Waals surface area contributed by atoms with Crippen LogP contribution in [0.2, 0.25) is 0 Å². The first-order valence-corrected chi connectivity index (χ1v) is 6.36. The van der Waals surface area contributed by atoms with Gasteiger partial charge in [0.25, 0.3) is 0 Å². The highest BCUT2D eigenvalue weighted by molar-refractivity contribution is 7.80. The summed E-state index contributed by atoms with van der Waals surface area (Å²) in [5, 5.41) is 0. The molecule has 0 spiro atoms. The predicted octanol–water partition coefficient (Wildman–Crippen LogP) is 3.57. The monoisotopic (exact) mass is 276 g/mol. The van der Waals surface area contributed by atoms with Crippen LogP contribution in [-0.2, 0) is 6.42 Å². The lowest BCUT2D eigenvalue weighted by atomic mass is 10.1. The van der Waals surface area contributed by atoms with Crippen molar-refractivity contribution >= 4 is 17.1 Å². The fourth-order valence-corrected chi connectivity index (χ4v) is 2.19. The second kappa shape index (κ2) is 5.89. The zero-order chi connectivity index (χ0) is 13.8. The molecule has 4 heteroatoms. The van der Waals surface area contributed by atoms with Gasteiger partial charge in [0.05, 0.1) is 19.1 Å². The summed E-state index contributed by atoms with van der Waals surface area (Å²) in [7, 11) is 3.27. The molecule has 1 aromatic heterocycles. The Labute approximate surface area is 118 Å². The van der Waals surface area contributed by atoms with Gasteiger partial charge in [0, 0.05) is 12.0 Å². The van der Waals surface area contributed by atoms with Crippen LogP contribution in [0.15, 0.2) is 34.7 Å². The molecule has 0 unspecified atom stereocenters. The largest absolute Gasteiger partial charge is 0.496 e. The van der Waals surface area contributed by atoms with Crippen molar-refractivity contribution in [1.29, 1.82) is 0 Å². The van der Waals surface area contributed by atoms with Gasteiger partial charge in [-0.15, -0.1) is 0 Å². The van der Waals surface area contributed by atoms with Crippen LogP contribution in [0.4, 0.5) is 0 Å². The third-order valence-electron chi connectivity index (χ3n) is 2.88. The van der Waals surface area contributed by atoms with E-state index in [2.05, 4.69) is 0 Å². The van der Waals surface area contributed by atoms with E-state index in [1.807, 2.05) is 37.3 Å². The van der Waals surface area contributed by atoms with E-state index in [1.165, 1.54) is 0 Å². The van der Waals surface area contributed by atoms with Crippen LogP contribution in [0.3, 0.4) is 0 Å². The van der Waals surface area contributed by atoms with Gasteiger partial charge in [-0.2, -0.15) is 0 Å². The zero-order valence-electron chi connectivity index (χ0n) is 11.2. The lowest BCUT2D eigenvalue weighted by molar-refractivity contribution is 0.387. The average Bonchev–Trinajstić information content (AvgIpc) is 2.85. The number of hydrogen-bond acceptors (Lipinski definition) is 4. The fraction of sp³-hybridized carbons (Fsp3) is 0.267. The van der Waals surface area contributed by atoms with Crippen LogP contribution in [0.1, 0.15) is 17.1 Å². The topological polar surface area (TPSA) is 31.6 Å². The van der Waals surface area contributed by atoms with Gasteiger partial charge in [0.1, 0.15) is 23.0 Å². The van der Waals surface area contributed by atoms with E-state index in [9.17, 15) is 0 Å². The number of ether oxygens (including phenoxy) is 2. The summed E-state index contributed by atoms with van der Waals surface area (Å²) in [6, 6.07) is 9.48. The third kappa shape index (κ3) is 2.96. The van der Waals surface area contributed by atoms with Crippen molar-refractivity contribution in [3.8, 4) is 11.5 Å². The number of furan rings is 1. The van der Waals surface area contributed by atoms with E-state index in [1.54, 1.807) is 14.2 Å². The maximum Gasteiger partial charge on any atom is 0.141 e. The summed E-state index contributed by atoms with van der Waals surface area (Å²) < 4.78 is 16.3. The van der Waals surface area contributed by atoms with Crippen LogP contribution in [0.5, 0.6) is 11.5 Å². The van der Waals surface area contributed by atoms with Gasteiger partial charge < -0.3 is 13.9 Å². The minimum absolute atomic E-state index is 0.551. The second-order valence-corrected chi connectivity index (χ2v) is 4.64. The highest BCUT2D eigenvalue weighted by Gasteiger charge is 2.14. The molecule has 0 saturated carbocycles. The standard InChI is InChI=1S/C15H16O3S/c1-10-7-8-14(18-10)15(19)9-11-12(16-2)5-4-6-13(11)17-3/h4-8H,9H2,1-3H3. The molecule has 0 bridgehead atoms. The van der Waals surface area contributed by atoms with Crippen molar-refractivity contribution in [2.45, 2.75) is 13.3 Å². The first kappa shape index (κ1) is 13.6. The smallest absolute Gasteiger partial charge is 0.141 e. The molecule has 2 rings (SSSR count). The van der Waals surface area contributed by atoms with Gasteiger partial charge >= 0.3 is 0 Å². The molecule has 19 heavy (non-hydrogen) atoms. The van der Waals surface area contributed by atoms with Crippen LogP contribution in [-0.4, -0.2) is 19.1 Å². The molecular formula is C15H16O3S. The highest BCUT2D eigenvalue weighted by atomic mass is 32.1. The van der Waals surface area contributed by atoms with Crippen LogP contribution < -0.4 is 9.47 Å². The Hall–Kier alpha value is -1.81. The van der Waals surface area contributed by atoms with E-state index in [-0.39, 0.29) is 0 Å². The number of rotatable bonds is 5. The van der Waals surface area contributed by atoms with Gasteiger partial charge in [-0.1, -0.05) is 18.3 Å². The molecule has 0 amide bonds. The summed E-state index contributed by atoms with van der Waals surface area (Å²) in [5.74, 6) is 3.11. The normalized spacial score (nSPS) is 10.3. The zero-order valence-corrected chi connectivity index (χ0v) is 12.0. The lowest BCUT2D eigenvalue weighted by Gasteiger charge is -2.12. The number of benzene rings is 1. The fourth-order valence-electron chi connectivity index (χ4n) is 1.93. The molecule has 0 N–H and O–H groups in total. The van der Waals surface area contributed by atoms with E-state index in [0.717, 1.165) is 33.4 Å². The quantitative estimate of drug-likeness (QED) is 0.617. The molecule has 100 valence electrons. The Morgan fingerprint density at radius 1 is 1.11 bits per heavy atom. The number of hydrogen-bond donors (Lipinski definition) is 0. The molecule has 0 radical (unpaired) electrons. The molecule has 0 fully saturated rings. The predicted molar refractivity (Wildman–Crippen MR) is 78.4 cm³/mol. The Bertz CT molecular complexity index is 565. The third-order valence-corrected chi connectivity index (χ3v) is 3.23. The average molecular weight is 276 g/mol. The first-order chi connectivity index (χ1) is 9.15. The number of aryl methyl sites for hydroxylation is 1. The minimum Gasteiger partial charge on any atom is -0.496 e. The van der Waals surface area contributed by atoms with Gasteiger partial charge in [0.2, 0.25) is 0 Å². The van der Waals surface area contributed by atoms with Crippen molar-refractivity contribution in [2.75, 3.05) is 14.2 Å². The van der Waals surface area contributed by atoms with Crippen molar-refractivity contribution in [1.82, 2.24) is 0 Å². The van der Waals surface area contributed by atoms with E-state index in [4.69, 9.17) is 26.1 Å². The van der Waals surface area contributed by atoms with Crippen molar-refractivity contribution in [2.24, 2.45) is 0 Å². The maximum absolute atomic E-state index is 5.54. The van der Waals surface area contributed by atoms with Gasteiger partial charge in [-0.05, 0) is 31.2 Å². The van der Waals surface area contributed by atoms with Crippen molar-refractivity contribution in [3.05, 3.63) is 47.4 Å². The molecule has 0 saturated heterocycles. The lowest BCUT2D eigenvalue weighted by Crippen LogP contribution is -2.04. The summed E-state index contributed by atoms with van der Waals surface area (Å²) in [5.41, 5.74) is 0.937. The Morgan fingerprint density at radius 3 is 2.21 bits per heavy atom. The Balaban J connectivity index is 2.30. The van der Waals surface area contributed by atoms with E-state index >= 15 is 0 Å². The minimum atomic E-state index is 0.551. The Morgan fingerprint density at radius 2 is 1.74 bits per heavy atom. The highest BCUT2D eigenvalue weighted by Crippen LogP contribution is 2.29. The molecular weight excluding hydrogens is 260 g/mol. The van der Waals surface area contributed by atoms with Crippen LogP contribution >= 0.6 is 12.2 Å². The van der Waals surface area contributed by atoms with E-state index in [0.29, 0.717) is 6.42 Å². The molecule has 1 heterocycles. The molecule has 2 aromatic rings. The van der Waals surface area contributed by atoms with Crippen molar-refractivity contribution < 1.29 is 13.9 Å². The van der Waals surface area contributed by atoms with Gasteiger partial charge in [-0.25, -0.2) is 0 Å². The molecule has 0 atom stereocenters. The number of thiocarbonyl (C=S) groups is 1. The van der Waals surface area contributed by atoms with Crippen LogP contribution in [0.25, 0.3) is 0 Å². The molecule has 1 aromatic carbocycles. The van der Waals surface area contributed by atoms with E-state index < -0.39 is 0 Å². The molecule has 0 aliphatic carbocycles. The second-order valence-electron chi connectivity index (χ2n) is 4.15. The summed E-state index contributed by atoms with van der Waals surface area (Å²) in [6.45, 7) is 1.90.